The summed E-state index contributed by atoms with van der Waals surface area (Å²) in [5.74, 6) is 2.71. The van der Waals surface area contributed by atoms with E-state index in [9.17, 15) is 0 Å². The minimum absolute atomic E-state index is 0.879. The molecule has 0 radical (unpaired) electrons. The number of piperidine rings is 1. The van der Waals surface area contributed by atoms with E-state index in [-0.39, 0.29) is 0 Å². The zero-order valence-electron chi connectivity index (χ0n) is 11.1. The number of rotatable bonds is 5. The van der Waals surface area contributed by atoms with Gasteiger partial charge in [-0.1, -0.05) is 40.5 Å². The molecule has 0 aromatic rings. The fraction of sp³-hybridized carbons (Fsp3) is 1.00. The molecule has 1 nitrogen and oxygen atoms in total. The van der Waals surface area contributed by atoms with Gasteiger partial charge >= 0.3 is 0 Å². The Morgan fingerprint density at radius 3 is 2.20 bits per heavy atom. The first-order chi connectivity index (χ1) is 7.08. The normalized spacial score (nSPS) is 28.6. The van der Waals surface area contributed by atoms with Gasteiger partial charge in [0.2, 0.25) is 0 Å². The van der Waals surface area contributed by atoms with Crippen molar-refractivity contribution in [3.63, 3.8) is 0 Å². The molecule has 90 valence electrons. The second-order valence-electron chi connectivity index (χ2n) is 6.10. The van der Waals surface area contributed by atoms with Crippen molar-refractivity contribution in [2.45, 2.75) is 53.4 Å². The van der Waals surface area contributed by atoms with Crippen molar-refractivity contribution < 1.29 is 0 Å². The minimum Gasteiger partial charge on any atom is -0.303 e. The van der Waals surface area contributed by atoms with Gasteiger partial charge in [-0.3, -0.25) is 0 Å². The van der Waals surface area contributed by atoms with Crippen LogP contribution in [0.1, 0.15) is 53.4 Å². The van der Waals surface area contributed by atoms with E-state index in [4.69, 9.17) is 0 Å². The van der Waals surface area contributed by atoms with Crippen molar-refractivity contribution in [2.24, 2.45) is 17.8 Å². The van der Waals surface area contributed by atoms with Crippen molar-refractivity contribution >= 4 is 0 Å². The summed E-state index contributed by atoms with van der Waals surface area (Å²) in [6.45, 7) is 13.5. The highest BCUT2D eigenvalue weighted by atomic mass is 15.1. The minimum atomic E-state index is 0.879. The quantitative estimate of drug-likeness (QED) is 0.625. The van der Waals surface area contributed by atoms with E-state index in [0.717, 1.165) is 17.8 Å². The summed E-state index contributed by atoms with van der Waals surface area (Å²) in [7, 11) is 0. The molecule has 1 fully saturated rings. The summed E-state index contributed by atoms with van der Waals surface area (Å²) in [5.41, 5.74) is 0. The maximum atomic E-state index is 2.68. The Hall–Kier alpha value is -0.0400. The highest BCUT2D eigenvalue weighted by molar-refractivity contribution is 4.74. The summed E-state index contributed by atoms with van der Waals surface area (Å²) < 4.78 is 0. The van der Waals surface area contributed by atoms with E-state index < -0.39 is 0 Å². The summed E-state index contributed by atoms with van der Waals surface area (Å²) in [4.78, 5) is 2.68. The molecule has 1 rings (SSSR count). The van der Waals surface area contributed by atoms with Crippen LogP contribution in [0, 0.1) is 17.8 Å². The Kier molecular flexibility index (Phi) is 5.66. The molecule has 1 heterocycles. The Balaban J connectivity index is 2.10. The SMILES string of the molecule is CC(C)CCCCN1C[C@H](C)C[C@H](C)C1. The van der Waals surface area contributed by atoms with Crippen LogP contribution >= 0.6 is 0 Å². The third kappa shape index (κ3) is 5.55. The van der Waals surface area contributed by atoms with Crippen LogP contribution in [-0.2, 0) is 0 Å². The molecule has 0 aromatic heterocycles. The van der Waals surface area contributed by atoms with E-state index >= 15 is 0 Å². The summed E-state index contributed by atoms with van der Waals surface area (Å²) in [6, 6.07) is 0. The van der Waals surface area contributed by atoms with Crippen molar-refractivity contribution in [3.05, 3.63) is 0 Å². The van der Waals surface area contributed by atoms with Gasteiger partial charge in [0.25, 0.3) is 0 Å². The van der Waals surface area contributed by atoms with Gasteiger partial charge in [0, 0.05) is 13.1 Å². The summed E-state index contributed by atoms with van der Waals surface area (Å²) >= 11 is 0. The maximum Gasteiger partial charge on any atom is 0.000724 e. The molecule has 1 saturated heterocycles. The molecule has 0 N–H and O–H groups in total. The van der Waals surface area contributed by atoms with Gasteiger partial charge in [0.15, 0.2) is 0 Å². The Labute approximate surface area is 96.2 Å². The highest BCUT2D eigenvalue weighted by Crippen LogP contribution is 2.21. The number of unbranched alkanes of at least 4 members (excludes halogenated alkanes) is 1. The number of likely N-dealkylation sites (tertiary alicyclic amines) is 1. The van der Waals surface area contributed by atoms with Crippen LogP contribution in [0.15, 0.2) is 0 Å². The van der Waals surface area contributed by atoms with Crippen LogP contribution in [0.3, 0.4) is 0 Å². The van der Waals surface area contributed by atoms with Gasteiger partial charge in [0.1, 0.15) is 0 Å². The molecule has 0 aliphatic carbocycles. The standard InChI is InChI=1S/C14H29N/c1-12(2)7-5-6-8-15-10-13(3)9-14(4)11-15/h12-14H,5-11H2,1-4H3/t13-,14+. The van der Waals surface area contributed by atoms with E-state index in [0.29, 0.717) is 0 Å². The molecule has 15 heavy (non-hydrogen) atoms. The van der Waals surface area contributed by atoms with Crippen LogP contribution in [0.25, 0.3) is 0 Å². The third-order valence-electron chi connectivity index (χ3n) is 3.45. The van der Waals surface area contributed by atoms with Crippen LogP contribution in [0.2, 0.25) is 0 Å². The predicted molar refractivity (Wildman–Crippen MR) is 68.1 cm³/mol. The van der Waals surface area contributed by atoms with Crippen LogP contribution < -0.4 is 0 Å². The summed E-state index contributed by atoms with van der Waals surface area (Å²) in [5, 5.41) is 0. The molecule has 0 spiro atoms. The molecule has 1 aliphatic heterocycles. The fourth-order valence-electron chi connectivity index (χ4n) is 2.86. The molecule has 1 aliphatic rings. The lowest BCUT2D eigenvalue weighted by Crippen LogP contribution is -2.39. The van der Waals surface area contributed by atoms with E-state index in [2.05, 4.69) is 32.6 Å². The molecule has 2 atom stereocenters. The molecule has 0 amide bonds. The largest absolute Gasteiger partial charge is 0.303 e. The zero-order valence-corrected chi connectivity index (χ0v) is 11.1. The molecule has 0 aromatic carbocycles. The molecule has 1 heteroatoms. The third-order valence-corrected chi connectivity index (χ3v) is 3.45. The monoisotopic (exact) mass is 211 g/mol. The van der Waals surface area contributed by atoms with Crippen LogP contribution in [0.5, 0.6) is 0 Å². The Morgan fingerprint density at radius 1 is 1.07 bits per heavy atom. The number of hydrogen-bond acceptors (Lipinski definition) is 1. The second-order valence-corrected chi connectivity index (χ2v) is 6.10. The molecule has 0 bridgehead atoms. The van der Waals surface area contributed by atoms with E-state index in [1.807, 2.05) is 0 Å². The van der Waals surface area contributed by atoms with Gasteiger partial charge in [-0.25, -0.2) is 0 Å². The van der Waals surface area contributed by atoms with Crippen LogP contribution in [-0.4, -0.2) is 24.5 Å². The predicted octanol–water partition coefficient (Wildman–Crippen LogP) is 3.79. The van der Waals surface area contributed by atoms with Gasteiger partial charge in [-0.05, 0) is 37.1 Å². The second kappa shape index (κ2) is 6.52. The Morgan fingerprint density at radius 2 is 1.67 bits per heavy atom. The first-order valence-corrected chi connectivity index (χ1v) is 6.80. The van der Waals surface area contributed by atoms with Crippen molar-refractivity contribution in [1.82, 2.24) is 4.90 Å². The van der Waals surface area contributed by atoms with Gasteiger partial charge in [-0.15, -0.1) is 0 Å². The first-order valence-electron chi connectivity index (χ1n) is 6.80. The average Bonchev–Trinajstić information content (AvgIpc) is 2.10. The molecular weight excluding hydrogens is 182 g/mol. The van der Waals surface area contributed by atoms with Crippen LogP contribution in [0.4, 0.5) is 0 Å². The van der Waals surface area contributed by atoms with Gasteiger partial charge < -0.3 is 4.90 Å². The van der Waals surface area contributed by atoms with Gasteiger partial charge in [0.05, 0.1) is 0 Å². The fourth-order valence-corrected chi connectivity index (χ4v) is 2.86. The number of hydrogen-bond donors (Lipinski definition) is 0. The lowest BCUT2D eigenvalue weighted by atomic mass is 9.92. The molecule has 0 unspecified atom stereocenters. The average molecular weight is 211 g/mol. The lowest BCUT2D eigenvalue weighted by Gasteiger charge is -2.35. The Bertz CT molecular complexity index is 155. The molecular formula is C14H29N. The van der Waals surface area contributed by atoms with Crippen molar-refractivity contribution in [3.8, 4) is 0 Å². The zero-order chi connectivity index (χ0) is 11.3. The summed E-state index contributed by atoms with van der Waals surface area (Å²) in [6.07, 6.45) is 5.65. The van der Waals surface area contributed by atoms with E-state index in [1.165, 1.54) is 45.3 Å². The topological polar surface area (TPSA) is 3.24 Å². The first kappa shape index (κ1) is 13.0. The smallest absolute Gasteiger partial charge is 0.000724 e. The highest BCUT2D eigenvalue weighted by Gasteiger charge is 2.20. The number of nitrogens with zero attached hydrogens (tertiary/aromatic N) is 1. The van der Waals surface area contributed by atoms with E-state index in [1.54, 1.807) is 0 Å². The maximum absolute atomic E-state index is 2.68. The molecule has 0 saturated carbocycles. The van der Waals surface area contributed by atoms with Crippen molar-refractivity contribution in [1.29, 1.82) is 0 Å². The lowest BCUT2D eigenvalue weighted by molar-refractivity contribution is 0.138. The van der Waals surface area contributed by atoms with Crippen molar-refractivity contribution in [2.75, 3.05) is 19.6 Å². The van der Waals surface area contributed by atoms with Gasteiger partial charge in [-0.2, -0.15) is 0 Å².